The molecule has 0 unspecified atom stereocenters. The molecule has 10 heteroatoms. The highest BCUT2D eigenvalue weighted by Crippen LogP contribution is 2.35. The summed E-state index contributed by atoms with van der Waals surface area (Å²) in [7, 11) is -9.53. The maximum atomic E-state index is 11.3. The van der Waals surface area contributed by atoms with Gasteiger partial charge in [0.1, 0.15) is 4.90 Å². The third kappa shape index (κ3) is 2.54. The first-order valence-electron chi connectivity index (χ1n) is 4.95. The molecule has 108 valence electrons. The normalized spacial score (nSPS) is 12.7. The third-order valence-electron chi connectivity index (χ3n) is 2.56. The molecule has 2 rings (SSSR count). The number of hydrogen-bond donors (Lipinski definition) is 4. The van der Waals surface area contributed by atoms with Gasteiger partial charge in [-0.05, 0) is 29.7 Å². The van der Waals surface area contributed by atoms with Crippen LogP contribution < -0.4 is 0 Å². The fourth-order valence-corrected chi connectivity index (χ4v) is 3.04. The Morgan fingerprint density at radius 2 is 1.30 bits per heavy atom. The molecule has 0 bridgehead atoms. The van der Waals surface area contributed by atoms with Crippen LogP contribution in [0.25, 0.3) is 10.8 Å². The minimum absolute atomic E-state index is 0.108. The van der Waals surface area contributed by atoms with Gasteiger partial charge in [-0.3, -0.25) is 9.11 Å². The van der Waals surface area contributed by atoms with E-state index in [2.05, 4.69) is 0 Å². The van der Waals surface area contributed by atoms with Crippen LogP contribution in [-0.2, 0) is 20.2 Å². The van der Waals surface area contributed by atoms with E-state index in [1.54, 1.807) is 0 Å². The molecule has 0 amide bonds. The molecule has 4 N–H and O–H groups in total. The lowest BCUT2D eigenvalue weighted by molar-refractivity contribution is 0.405. The van der Waals surface area contributed by atoms with Crippen molar-refractivity contribution in [3.05, 3.63) is 24.3 Å². The van der Waals surface area contributed by atoms with Crippen molar-refractivity contribution in [1.29, 1.82) is 0 Å². The summed E-state index contributed by atoms with van der Waals surface area (Å²) in [6, 6.07) is 3.18. The Kier molecular flexibility index (Phi) is 3.13. The van der Waals surface area contributed by atoms with Gasteiger partial charge in [0, 0.05) is 5.39 Å². The fourth-order valence-electron chi connectivity index (χ4n) is 1.69. The van der Waals surface area contributed by atoms with E-state index in [-0.39, 0.29) is 10.8 Å². The average molecular weight is 320 g/mol. The zero-order chi connectivity index (χ0) is 15.3. The molecule has 2 aromatic carbocycles. The van der Waals surface area contributed by atoms with Crippen LogP contribution in [0.4, 0.5) is 0 Å². The molecular formula is C10H8O8S2. The van der Waals surface area contributed by atoms with Crippen molar-refractivity contribution in [3.63, 3.8) is 0 Å². The number of phenols is 2. The smallest absolute Gasteiger partial charge is 0.295 e. The molecule has 0 aromatic heterocycles. The van der Waals surface area contributed by atoms with Gasteiger partial charge in [-0.25, -0.2) is 0 Å². The molecule has 0 atom stereocenters. The van der Waals surface area contributed by atoms with Crippen LogP contribution in [0.5, 0.6) is 11.5 Å². The number of aromatic hydroxyl groups is 2. The summed E-state index contributed by atoms with van der Waals surface area (Å²) in [5.41, 5.74) is 0. The second kappa shape index (κ2) is 4.31. The van der Waals surface area contributed by atoms with Gasteiger partial charge in [0.15, 0.2) is 11.5 Å². The first kappa shape index (κ1) is 14.5. The van der Waals surface area contributed by atoms with Crippen molar-refractivity contribution in [2.24, 2.45) is 0 Å². The van der Waals surface area contributed by atoms with Gasteiger partial charge in [-0.1, -0.05) is 0 Å². The van der Waals surface area contributed by atoms with Gasteiger partial charge in [-0.2, -0.15) is 16.8 Å². The molecule has 0 aliphatic carbocycles. The van der Waals surface area contributed by atoms with Crippen LogP contribution in [0, 0.1) is 0 Å². The number of benzene rings is 2. The van der Waals surface area contributed by atoms with Crippen LogP contribution in [0.2, 0.25) is 0 Å². The molecule has 0 saturated carbocycles. The maximum Gasteiger partial charge on any atom is 0.295 e. The number of rotatable bonds is 2. The van der Waals surface area contributed by atoms with E-state index in [0.717, 1.165) is 18.2 Å². The fraction of sp³-hybridized carbons (Fsp3) is 0. The summed E-state index contributed by atoms with van der Waals surface area (Å²) in [4.78, 5) is -1.60. The molecule has 0 spiro atoms. The minimum atomic E-state index is -4.81. The van der Waals surface area contributed by atoms with E-state index in [9.17, 15) is 27.0 Å². The van der Waals surface area contributed by atoms with E-state index in [0.29, 0.717) is 6.07 Å². The lowest BCUT2D eigenvalue weighted by Crippen LogP contribution is -2.04. The summed E-state index contributed by atoms with van der Waals surface area (Å²) in [6.45, 7) is 0. The summed E-state index contributed by atoms with van der Waals surface area (Å²) >= 11 is 0. The molecule has 2 aromatic rings. The SMILES string of the molecule is O=S(=O)(O)c1cc(S(=O)(=O)O)c2cc(O)c(O)cc2c1. The monoisotopic (exact) mass is 320 g/mol. The molecule has 8 nitrogen and oxygen atoms in total. The average Bonchev–Trinajstić information content (AvgIpc) is 2.26. The first-order chi connectivity index (χ1) is 9.00. The zero-order valence-corrected chi connectivity index (χ0v) is 11.2. The van der Waals surface area contributed by atoms with E-state index in [1.165, 1.54) is 0 Å². The van der Waals surface area contributed by atoms with Gasteiger partial charge in [-0.15, -0.1) is 0 Å². The van der Waals surface area contributed by atoms with Crippen LogP contribution in [0.15, 0.2) is 34.1 Å². The molecule has 0 aliphatic rings. The Hall–Kier alpha value is -1.88. The maximum absolute atomic E-state index is 11.3. The van der Waals surface area contributed by atoms with E-state index < -0.39 is 41.5 Å². The standard InChI is InChI=1S/C10H8O8S2/c11-8-2-5-1-6(19(13,14)15)3-10(20(16,17)18)7(5)4-9(8)12/h1-4,11-12H,(H,13,14,15)(H,16,17,18). The Morgan fingerprint density at radius 3 is 1.80 bits per heavy atom. The first-order valence-corrected chi connectivity index (χ1v) is 7.83. The highest BCUT2D eigenvalue weighted by Gasteiger charge is 2.21. The van der Waals surface area contributed by atoms with Gasteiger partial charge in [0.2, 0.25) is 0 Å². The van der Waals surface area contributed by atoms with Crippen molar-refractivity contribution >= 4 is 31.0 Å². The molecule has 0 heterocycles. The lowest BCUT2D eigenvalue weighted by Gasteiger charge is -2.08. The van der Waals surface area contributed by atoms with Crippen LogP contribution in [0.1, 0.15) is 0 Å². The Bertz CT molecular complexity index is 912. The molecule has 0 saturated heterocycles. The predicted molar refractivity (Wildman–Crippen MR) is 66.9 cm³/mol. The van der Waals surface area contributed by atoms with E-state index >= 15 is 0 Å². The Balaban J connectivity index is 3.05. The van der Waals surface area contributed by atoms with Crippen LogP contribution in [0.3, 0.4) is 0 Å². The van der Waals surface area contributed by atoms with Gasteiger partial charge < -0.3 is 10.2 Å². The second-order valence-electron chi connectivity index (χ2n) is 3.93. The van der Waals surface area contributed by atoms with E-state index in [4.69, 9.17) is 9.11 Å². The summed E-state index contributed by atoms with van der Waals surface area (Å²) in [6.07, 6.45) is 0. The van der Waals surface area contributed by atoms with Crippen molar-refractivity contribution < 1.29 is 36.2 Å². The van der Waals surface area contributed by atoms with Crippen molar-refractivity contribution in [3.8, 4) is 11.5 Å². The molecular weight excluding hydrogens is 312 g/mol. The zero-order valence-electron chi connectivity index (χ0n) is 9.55. The Labute approximate surface area is 113 Å². The quantitative estimate of drug-likeness (QED) is 0.467. The largest absolute Gasteiger partial charge is 0.504 e. The highest BCUT2D eigenvalue weighted by atomic mass is 32.2. The summed E-state index contributed by atoms with van der Waals surface area (Å²) in [5, 5.41) is 18.4. The second-order valence-corrected chi connectivity index (χ2v) is 6.75. The van der Waals surface area contributed by atoms with Gasteiger partial charge in [0.05, 0.1) is 4.90 Å². The van der Waals surface area contributed by atoms with Crippen LogP contribution >= 0.6 is 0 Å². The predicted octanol–water partition coefficient (Wildman–Crippen LogP) is 0.744. The van der Waals surface area contributed by atoms with Crippen molar-refractivity contribution in [1.82, 2.24) is 0 Å². The number of fused-ring (bicyclic) bond motifs is 1. The number of hydrogen-bond acceptors (Lipinski definition) is 6. The Morgan fingerprint density at radius 1 is 0.750 bits per heavy atom. The van der Waals surface area contributed by atoms with Gasteiger partial charge >= 0.3 is 0 Å². The van der Waals surface area contributed by atoms with E-state index in [1.807, 2.05) is 0 Å². The highest BCUT2D eigenvalue weighted by molar-refractivity contribution is 7.86. The summed E-state index contributed by atoms with van der Waals surface area (Å²) < 4.78 is 62.7. The third-order valence-corrected chi connectivity index (χ3v) is 4.28. The van der Waals surface area contributed by atoms with Crippen LogP contribution in [-0.4, -0.2) is 36.2 Å². The van der Waals surface area contributed by atoms with Gasteiger partial charge in [0.25, 0.3) is 20.2 Å². The van der Waals surface area contributed by atoms with Crippen molar-refractivity contribution in [2.45, 2.75) is 9.79 Å². The topological polar surface area (TPSA) is 149 Å². The molecule has 20 heavy (non-hydrogen) atoms. The number of phenolic OH excluding ortho intramolecular Hbond substituents is 2. The lowest BCUT2D eigenvalue weighted by atomic mass is 10.1. The molecule has 0 radical (unpaired) electrons. The minimum Gasteiger partial charge on any atom is -0.504 e. The molecule has 0 fully saturated rings. The van der Waals surface area contributed by atoms with Crippen molar-refractivity contribution in [2.75, 3.05) is 0 Å². The molecule has 0 aliphatic heterocycles. The summed E-state index contributed by atoms with van der Waals surface area (Å²) in [5.74, 6) is -1.27.